The first-order chi connectivity index (χ1) is 95.8. The highest BCUT2D eigenvalue weighted by atomic mass is 16.2. The highest BCUT2D eigenvalue weighted by molar-refractivity contribution is 5.93. The molecule has 726 valence electrons. The number of nitrogens with zero attached hydrogens (tertiary/aromatic N) is 30. The number of nitrogens with one attached hydrogen (secondary N) is 6. The van der Waals surface area contributed by atoms with Gasteiger partial charge in [0.15, 0.2) is 0 Å². The van der Waals surface area contributed by atoms with E-state index in [1.54, 1.807) is 6.92 Å². The second-order valence-corrected chi connectivity index (χ2v) is 28.1. The number of carbonyl (C=O) groups is 6. The third-order valence-corrected chi connectivity index (χ3v) is 19.1. The topological polar surface area (TPSA) is 417 Å². The standard InChI is InChI=1S/C17H22N6O.5C16H20N6O/c1-11-5-6-23(15(24)8-18-3)9-14(11)22(4)17-13-7-12(2)21-16(13)19-10-20-17;5*1-11-5-7-22(14(23)8-17-2)9-13(11)21(3)16-12-4-6-18-15(12)19-10-20-16/h7,10-11,14H,5-6,8-9H2,1-2,4H3,(H,19,20,21);5*4,6,10-11,13H,5,7-9H2,1,3H3,(H,18,19,20)/t11-,14+;5*11-,13+/m111111/s1/i5D2,6D2,7D,9D2,10D;1D3,3D3,5D2,7D2,9D2,10D,11D,13D;3D3,5D2,7D2,9D2,10D,11D,13D;1D3,3D3,5D2,7D2,9D2,10D,13D;1D3,3D3,5D2,7D2,9D2,10D,11D;3D3,5D2,7D2,9D2,10D,13D. The zero-order valence-electron chi connectivity index (χ0n) is 146. The number of likely N-dealkylation sites (tertiary alicyclic amines) is 6. The average Bonchev–Trinajstić information content (AvgIpc) is 0.983. The van der Waals surface area contributed by atoms with Gasteiger partial charge >= 0.3 is 35.4 Å². The quantitative estimate of drug-likeness (QED) is 0.0435. The summed E-state index contributed by atoms with van der Waals surface area (Å²) in [6.07, 6.45) is -19.3. The third kappa shape index (κ3) is 23.5. The van der Waals surface area contributed by atoms with Crippen molar-refractivity contribution < 1.29 is 130 Å². The second kappa shape index (κ2) is 46.7. The lowest BCUT2D eigenvalue weighted by Crippen LogP contribution is -2.53. The maximum absolute atomic E-state index is 12.9. The van der Waals surface area contributed by atoms with E-state index in [1.165, 1.54) is 74.1 Å². The average molecular weight is 1960 g/mol. The van der Waals surface area contributed by atoms with Crippen molar-refractivity contribution in [2.75, 3.05) is 189 Å². The molecule has 6 saturated heterocycles. The number of aromatic nitrogens is 18. The van der Waals surface area contributed by atoms with Gasteiger partial charge < -0.3 is 118 Å². The van der Waals surface area contributed by atoms with Crippen LogP contribution in [-0.4, -0.2) is 350 Å². The zero-order valence-corrected chi connectivity index (χ0v) is 72.3. The fraction of sp³-hybridized carbons (Fsp3) is 0.505. The van der Waals surface area contributed by atoms with E-state index in [0.29, 0.717) is 12.6 Å². The SMILES string of the molecule is [2H]c1nc(N(C([2H])([2H])[2H])[C@@]2([2H])C([2H])([2H])N(C(=O)C[N+]#[C-])C([2H])([2H])C([2H])([2H])[C@@]2([2H])C([2H])([2H])[2H])c2cc[nH]c2n1.[2H]c1nc(N(C([2H])([2H])[2H])[C@@]2([2H])C([2H])([2H])N(C(=O)C[N+]#[C-])C([2H])([2H])C([2H])([2H])[C@@]2([2H])C)c2cc[nH]c2n1.[2H]c1nc(N(C([2H])([2H])[2H])[C@]2([2H])[C@H](C([2H])([2H])[2H])C([2H])([2H])C([2H])([2H])N(C(=O)C[N+]#[C-])C2([2H])[2H])c2cc[nH]c2n1.[2H]c1nc(N(C([2H])([2H])[2H])[C@]2([2H])[C@H](C)C([2H])([2H])C([2H])([2H])N(C(=O)C[N+]#[C-])C2([2H])[2H])c2cc[nH]c2n1.[2H]c1nc(N(C)[C@@H]2[C@H](C)C([2H])([2H])C([2H])([2H])N(C(=O)C[N+]#[C-])C2([2H])[2H])c2c([2H])c(C)[nH]c2n1.[2H]c1nc(N([C@H]2C([2H])([2H])N(C(=O)C[N+]#[C-])C([2H])([2H])C([2H])([2H])[C@@]2([2H])C([2H])([2H])[2H])C([2H])([2H])[2H])c2cc[nH]c2n1. The number of hydrogen-bond donors (Lipinski definition) is 6. The molecule has 139 heavy (non-hydrogen) atoms. The summed E-state index contributed by atoms with van der Waals surface area (Å²) in [6, 6.07) is -13.2. The smallest absolute Gasteiger partial charge is 0.302 e. The predicted molar refractivity (Wildman–Crippen MR) is 532 cm³/mol. The van der Waals surface area contributed by atoms with Crippen molar-refractivity contribution >= 4 is 137 Å². The van der Waals surface area contributed by atoms with Crippen LogP contribution in [0.5, 0.6) is 0 Å². The van der Waals surface area contributed by atoms with Crippen molar-refractivity contribution in [3.05, 3.63) is 179 Å². The minimum atomic E-state index is -4.29. The van der Waals surface area contributed by atoms with Crippen LogP contribution < -0.4 is 29.4 Å². The van der Waals surface area contributed by atoms with Crippen LogP contribution in [0.15, 0.2) is 105 Å². The lowest BCUT2D eigenvalue weighted by molar-refractivity contribution is -0.131. The Hall–Kier alpha value is -15.7. The maximum atomic E-state index is 12.9. The van der Waals surface area contributed by atoms with E-state index in [0.717, 1.165) is 13.0 Å². The van der Waals surface area contributed by atoms with Crippen molar-refractivity contribution in [1.82, 2.24) is 119 Å². The minimum Gasteiger partial charge on any atom is -0.354 e. The number of hydrogen-bond acceptors (Lipinski definition) is 24. The molecule has 6 amide bonds. The van der Waals surface area contributed by atoms with Crippen molar-refractivity contribution in [3.8, 4) is 0 Å². The van der Waals surface area contributed by atoms with Crippen LogP contribution in [0.3, 0.4) is 0 Å². The van der Waals surface area contributed by atoms with Gasteiger partial charge in [-0.05, 0) is 117 Å². The molecule has 0 unspecified atom stereocenters. The van der Waals surface area contributed by atoms with Crippen molar-refractivity contribution in [1.29, 1.82) is 0 Å². The largest absolute Gasteiger partial charge is 0.354 e. The van der Waals surface area contributed by atoms with Crippen LogP contribution in [0.25, 0.3) is 95.3 Å². The fourth-order valence-electron chi connectivity index (χ4n) is 12.4. The molecule has 12 aromatic heterocycles. The maximum Gasteiger partial charge on any atom is 0.302 e. The molecule has 18 rings (SSSR count). The van der Waals surface area contributed by atoms with Crippen LogP contribution in [0, 0.1) is 81.8 Å². The summed E-state index contributed by atoms with van der Waals surface area (Å²) in [5.74, 6) is -30.9. The van der Waals surface area contributed by atoms with Gasteiger partial charge in [-0.1, -0.05) is 41.3 Å². The first-order valence-corrected chi connectivity index (χ1v) is 39.4. The summed E-state index contributed by atoms with van der Waals surface area (Å²) in [7, 11) is 1.39. The van der Waals surface area contributed by atoms with E-state index >= 15 is 0 Å². The Morgan fingerprint density at radius 1 is 0.353 bits per heavy atom. The number of amides is 6. The Kier molecular flexibility index (Phi) is 14.1. The lowest BCUT2D eigenvalue weighted by atomic mass is 9.92. The van der Waals surface area contributed by atoms with Gasteiger partial charge in [-0.15, -0.1) is 0 Å². The number of fused-ring (bicyclic) bond motifs is 6. The van der Waals surface area contributed by atoms with Crippen LogP contribution in [0.2, 0.25) is 0 Å². The summed E-state index contributed by atoms with van der Waals surface area (Å²) in [5.41, 5.74) is 0.0695. The molecular formula is C97H122N36O6. The van der Waals surface area contributed by atoms with Crippen LogP contribution in [-0.2, 0) is 28.8 Å². The molecule has 6 fully saturated rings. The molecule has 6 aliphatic rings. The normalized spacial score (nSPS) is 39.9. The van der Waals surface area contributed by atoms with Crippen LogP contribution in [0.1, 0.15) is 187 Å². The van der Waals surface area contributed by atoms with Gasteiger partial charge in [0.05, 0.1) is 91.8 Å². The molecule has 0 aliphatic carbocycles. The van der Waals surface area contributed by atoms with Crippen molar-refractivity contribution in [3.63, 3.8) is 0 Å². The lowest BCUT2D eigenvalue weighted by Gasteiger charge is -2.41. The molecule has 0 saturated carbocycles. The third-order valence-electron chi connectivity index (χ3n) is 19.1. The van der Waals surface area contributed by atoms with E-state index in [1.807, 2.05) is 0 Å². The number of aromatic amines is 6. The number of aryl methyl sites for hydroxylation is 1. The number of piperidine rings is 6. The monoisotopic (exact) mass is 1960 g/mol. The zero-order chi connectivity index (χ0) is 164. The van der Waals surface area contributed by atoms with E-state index < -0.39 is 395 Å². The van der Waals surface area contributed by atoms with E-state index in [9.17, 15) is 31.5 Å². The van der Waals surface area contributed by atoms with E-state index in [-0.39, 0.29) is 122 Å². The molecular weight excluding hydrogens is 1770 g/mol. The summed E-state index contributed by atoms with van der Waals surface area (Å²) < 4.78 is 617. The molecule has 0 radical (unpaired) electrons. The highest BCUT2D eigenvalue weighted by Gasteiger charge is 2.41. The Balaban J connectivity index is 0.000000204. The molecule has 12 aromatic rings. The number of carbonyl (C=O) groups excluding carboxylic acids is 6. The Morgan fingerprint density at radius 2 is 0.633 bits per heavy atom. The van der Waals surface area contributed by atoms with E-state index in [4.69, 9.17) is 138 Å². The number of H-pyrrole nitrogens is 6. The summed E-state index contributed by atoms with van der Waals surface area (Å²) in [6.45, 7) is -33.4. The Bertz CT molecular complexity index is 10300. The van der Waals surface area contributed by atoms with Gasteiger partial charge in [-0.2, -0.15) is 0 Å². The van der Waals surface area contributed by atoms with Crippen LogP contribution >= 0.6 is 0 Å². The van der Waals surface area contributed by atoms with Gasteiger partial charge in [0.2, 0.25) is 0 Å². The van der Waals surface area contributed by atoms with Gasteiger partial charge in [-0.3, -0.25) is 28.8 Å². The summed E-state index contributed by atoms with van der Waals surface area (Å²) in [4.78, 5) is 154. The number of likely N-dealkylation sites (N-methyl/N-ethyl adjacent to an activating group) is 6. The Morgan fingerprint density at radius 3 is 0.986 bits per heavy atom. The molecule has 6 aliphatic heterocycles. The molecule has 18 heterocycles. The highest BCUT2D eigenvalue weighted by Crippen LogP contribution is 2.37. The van der Waals surface area contributed by atoms with Gasteiger partial charge in [0, 0.05) is 226 Å². The molecule has 42 heteroatoms. The molecule has 42 nitrogen and oxygen atoms in total. The van der Waals surface area contributed by atoms with Crippen molar-refractivity contribution in [2.45, 2.75) is 123 Å². The first-order valence-electron chi connectivity index (χ1n) is 76.4. The van der Waals surface area contributed by atoms with Gasteiger partial charge in [-0.25, -0.2) is 99.2 Å². The van der Waals surface area contributed by atoms with Gasteiger partial charge in [0.1, 0.15) is 115 Å². The second-order valence-electron chi connectivity index (χ2n) is 28.1. The summed E-state index contributed by atoms with van der Waals surface area (Å²) in [5, 5.41) is -0.590. The predicted octanol–water partition coefficient (Wildman–Crippen LogP) is 9.61. The van der Waals surface area contributed by atoms with Gasteiger partial charge in [0.25, 0.3) is 39.3 Å². The van der Waals surface area contributed by atoms with E-state index in [2.05, 4.69) is 119 Å². The molecule has 0 spiro atoms. The molecule has 12 atom stereocenters. The molecule has 6 N–H and O–H groups in total. The number of rotatable bonds is 18. The summed E-state index contributed by atoms with van der Waals surface area (Å²) >= 11 is 0. The minimum absolute atomic E-state index is 0.00356. The molecule has 0 bridgehead atoms. The fourth-order valence-corrected chi connectivity index (χ4v) is 12.4. The molecule has 0 aromatic carbocycles. The number of anilines is 6. The first kappa shape index (κ1) is 42.1. The van der Waals surface area contributed by atoms with Crippen molar-refractivity contribution in [2.24, 2.45) is 35.4 Å². The Labute approximate surface area is 912 Å². The van der Waals surface area contributed by atoms with Crippen LogP contribution in [0.4, 0.5) is 34.9 Å².